The van der Waals surface area contributed by atoms with Gasteiger partial charge in [-0.15, -0.1) is 0 Å². The number of nitrogens with two attached hydrogens (primary N) is 1. The monoisotopic (exact) mass is 623 g/mol. The fourth-order valence-electron chi connectivity index (χ4n) is 4.04. The van der Waals surface area contributed by atoms with Gasteiger partial charge >= 0.3 is 19.6 Å². The maximum absolute atomic E-state index is 14.6. The van der Waals surface area contributed by atoms with Gasteiger partial charge in [0, 0.05) is 0 Å². The molecular formula is C23H36F2N7O9P. The molecule has 0 bridgehead atoms. The Morgan fingerprint density at radius 1 is 1.07 bits per heavy atom. The second kappa shape index (κ2) is 13.2. The molecule has 0 unspecified atom stereocenters. The van der Waals surface area contributed by atoms with Gasteiger partial charge in [-0.05, 0) is 41.5 Å². The number of aliphatic hydroxyl groups is 2. The Morgan fingerprint density at radius 2 is 1.62 bits per heavy atom. The van der Waals surface area contributed by atoms with Crippen LogP contribution < -0.4 is 15.9 Å². The lowest BCUT2D eigenvalue weighted by Gasteiger charge is -2.33. The molecule has 236 valence electrons. The summed E-state index contributed by atoms with van der Waals surface area (Å²) in [6.45, 7) is 7.61. The number of aromatic nitrogens is 4. The molecule has 6 N–H and O–H groups in total. The standard InChI is InChI=1S/C23H36F2N7O9P/c1-10(2)39-20(35)12(5)30-42(37,31-13(6)21(36)40-11(3)4)38-7-23(22(24)25)16(34)15(33)19(41-23)32-9-29-14-17(26)27-8-28-18(14)32/h8-13,15-16,19,22,33-34H,7H2,1-6H3,(H2,26,27,28)(H2,30,31,37)/t12-,13-,15+,16+,19+,23+/m0/s1. The molecule has 3 heterocycles. The molecule has 0 spiro atoms. The van der Waals surface area contributed by atoms with E-state index in [1.165, 1.54) is 13.8 Å². The fourth-order valence-corrected chi connectivity index (χ4v) is 5.88. The van der Waals surface area contributed by atoms with Crippen LogP contribution in [0.3, 0.4) is 0 Å². The van der Waals surface area contributed by atoms with Crippen LogP contribution >= 0.6 is 7.67 Å². The van der Waals surface area contributed by atoms with Gasteiger partial charge in [0.2, 0.25) is 0 Å². The van der Waals surface area contributed by atoms with Gasteiger partial charge in [-0.25, -0.2) is 33.9 Å². The molecule has 1 fully saturated rings. The number of rotatable bonds is 13. The van der Waals surface area contributed by atoms with Crippen LogP contribution in [0.5, 0.6) is 0 Å². The van der Waals surface area contributed by atoms with Crippen LogP contribution in [0, 0.1) is 0 Å². The van der Waals surface area contributed by atoms with Gasteiger partial charge in [-0.2, -0.15) is 0 Å². The van der Waals surface area contributed by atoms with Crippen molar-refractivity contribution < 1.29 is 51.9 Å². The van der Waals surface area contributed by atoms with E-state index >= 15 is 0 Å². The lowest BCUT2D eigenvalue weighted by molar-refractivity contribution is -0.191. The van der Waals surface area contributed by atoms with Gasteiger partial charge in [0.25, 0.3) is 6.43 Å². The number of imidazole rings is 1. The van der Waals surface area contributed by atoms with Crippen LogP contribution in [0.4, 0.5) is 14.6 Å². The summed E-state index contributed by atoms with van der Waals surface area (Å²) < 4.78 is 65.3. The molecule has 1 aliphatic rings. The van der Waals surface area contributed by atoms with Crippen molar-refractivity contribution in [2.75, 3.05) is 12.3 Å². The molecule has 2 aromatic rings. The summed E-state index contributed by atoms with van der Waals surface area (Å²) in [5, 5.41) is 26.3. The number of alkyl halides is 2. The van der Waals surface area contributed by atoms with E-state index in [0.717, 1.165) is 17.2 Å². The van der Waals surface area contributed by atoms with Crippen molar-refractivity contribution in [1.82, 2.24) is 29.7 Å². The van der Waals surface area contributed by atoms with Crippen molar-refractivity contribution in [3.63, 3.8) is 0 Å². The second-order valence-corrected chi connectivity index (χ2v) is 12.2. The minimum absolute atomic E-state index is 0.0220. The number of esters is 2. The van der Waals surface area contributed by atoms with E-state index in [0.29, 0.717) is 0 Å². The van der Waals surface area contributed by atoms with E-state index in [1.807, 2.05) is 0 Å². The highest BCUT2D eigenvalue weighted by molar-refractivity contribution is 7.54. The molecule has 3 rings (SSSR count). The van der Waals surface area contributed by atoms with E-state index in [1.54, 1.807) is 27.7 Å². The number of hydrogen-bond acceptors (Lipinski definition) is 13. The largest absolute Gasteiger partial charge is 0.462 e. The first-order valence-electron chi connectivity index (χ1n) is 13.0. The number of ether oxygens (including phenoxy) is 3. The molecule has 42 heavy (non-hydrogen) atoms. The number of hydrogen-bond donors (Lipinski definition) is 5. The number of carbonyl (C=O) groups is 2. The second-order valence-electron chi connectivity index (χ2n) is 10.3. The van der Waals surface area contributed by atoms with E-state index in [9.17, 15) is 33.1 Å². The highest BCUT2D eigenvalue weighted by Crippen LogP contribution is 2.47. The Hall–Kier alpha value is -2.86. The topological polar surface area (TPSA) is 222 Å². The SMILES string of the molecule is CC(C)OC(=O)[C@H](C)NP(=O)(N[C@@H](C)C(=O)OC(C)C)OC[C@@]1(C(F)F)O[C@@H](n2cnc3c(N)ncnc32)[C@H](O)[C@H]1O. The lowest BCUT2D eigenvalue weighted by Crippen LogP contribution is -2.53. The first-order valence-corrected chi connectivity index (χ1v) is 14.6. The number of fused-ring (bicyclic) bond motifs is 1. The molecule has 0 amide bonds. The average molecular weight is 624 g/mol. The summed E-state index contributed by atoms with van der Waals surface area (Å²) in [6, 6.07) is -2.62. The van der Waals surface area contributed by atoms with Gasteiger partial charge in [-0.1, -0.05) is 0 Å². The first kappa shape index (κ1) is 33.6. The maximum Gasteiger partial charge on any atom is 0.342 e. The smallest absolute Gasteiger partial charge is 0.342 e. The normalized spacial score (nSPS) is 24.5. The van der Waals surface area contributed by atoms with Crippen LogP contribution in [-0.2, 0) is 32.9 Å². The molecule has 0 aliphatic carbocycles. The summed E-state index contributed by atoms with van der Waals surface area (Å²) in [6.07, 6.45) is -8.26. The van der Waals surface area contributed by atoms with Crippen molar-refractivity contribution in [3.05, 3.63) is 12.7 Å². The number of halogens is 2. The Morgan fingerprint density at radius 3 is 2.12 bits per heavy atom. The van der Waals surface area contributed by atoms with Crippen molar-refractivity contribution >= 4 is 36.6 Å². The third-order valence-corrected chi connectivity index (χ3v) is 8.04. The minimum Gasteiger partial charge on any atom is -0.462 e. The first-order chi connectivity index (χ1) is 19.5. The van der Waals surface area contributed by atoms with Crippen molar-refractivity contribution in [3.8, 4) is 0 Å². The lowest BCUT2D eigenvalue weighted by atomic mass is 9.96. The number of anilines is 1. The minimum atomic E-state index is -4.60. The van der Waals surface area contributed by atoms with Gasteiger partial charge in [-0.3, -0.25) is 18.7 Å². The highest BCUT2D eigenvalue weighted by Gasteiger charge is 2.61. The molecule has 0 aromatic carbocycles. The predicted molar refractivity (Wildman–Crippen MR) is 142 cm³/mol. The number of nitrogens with one attached hydrogen (secondary N) is 2. The highest BCUT2D eigenvalue weighted by atomic mass is 31.2. The molecular weight excluding hydrogens is 587 g/mol. The Labute approximate surface area is 239 Å². The molecule has 16 nitrogen and oxygen atoms in total. The quantitative estimate of drug-likeness (QED) is 0.153. The number of aliphatic hydroxyl groups excluding tert-OH is 2. The van der Waals surface area contributed by atoms with Gasteiger partial charge in [0.05, 0.1) is 25.1 Å². The predicted octanol–water partition coefficient (Wildman–Crippen LogP) is 0.647. The van der Waals surface area contributed by atoms with Crippen LogP contribution in [0.2, 0.25) is 0 Å². The molecule has 6 atom stereocenters. The van der Waals surface area contributed by atoms with E-state index in [-0.39, 0.29) is 17.0 Å². The van der Waals surface area contributed by atoms with Crippen LogP contribution in [-0.4, -0.2) is 96.8 Å². The molecule has 0 saturated carbocycles. The van der Waals surface area contributed by atoms with Crippen LogP contribution in [0.1, 0.15) is 47.8 Å². The van der Waals surface area contributed by atoms with Crippen molar-refractivity contribution in [2.45, 2.75) is 96.3 Å². The van der Waals surface area contributed by atoms with Crippen molar-refractivity contribution in [1.29, 1.82) is 0 Å². The number of carbonyl (C=O) groups excluding carboxylic acids is 2. The Kier molecular flexibility index (Phi) is 10.6. The van der Waals surface area contributed by atoms with Gasteiger partial charge in [0.1, 0.15) is 36.1 Å². The fraction of sp³-hybridized carbons (Fsp3) is 0.696. The summed E-state index contributed by atoms with van der Waals surface area (Å²) in [7, 11) is -4.60. The summed E-state index contributed by atoms with van der Waals surface area (Å²) in [5.41, 5.74) is 2.94. The maximum atomic E-state index is 14.6. The van der Waals surface area contributed by atoms with Crippen LogP contribution in [0.15, 0.2) is 12.7 Å². The van der Waals surface area contributed by atoms with E-state index in [2.05, 4.69) is 25.1 Å². The molecule has 2 aromatic heterocycles. The molecule has 1 aliphatic heterocycles. The molecule has 0 radical (unpaired) electrons. The number of nitrogens with zero attached hydrogens (tertiary/aromatic N) is 4. The third kappa shape index (κ3) is 7.19. The molecule has 19 heteroatoms. The summed E-state index contributed by atoms with van der Waals surface area (Å²) >= 11 is 0. The van der Waals surface area contributed by atoms with Crippen LogP contribution in [0.25, 0.3) is 11.2 Å². The average Bonchev–Trinajstić information content (AvgIpc) is 3.42. The summed E-state index contributed by atoms with van der Waals surface area (Å²) in [5.74, 6) is -1.72. The van der Waals surface area contributed by atoms with Gasteiger partial charge < -0.3 is 34.7 Å². The number of nitrogen functional groups attached to an aromatic ring is 1. The van der Waals surface area contributed by atoms with E-state index < -0.39 is 81.0 Å². The third-order valence-electron chi connectivity index (χ3n) is 6.10. The Balaban J connectivity index is 1.91. The van der Waals surface area contributed by atoms with E-state index in [4.69, 9.17) is 24.5 Å². The Bertz CT molecular complexity index is 1280. The summed E-state index contributed by atoms with van der Waals surface area (Å²) in [4.78, 5) is 36.6. The van der Waals surface area contributed by atoms with Gasteiger partial charge in [0.15, 0.2) is 23.3 Å². The molecule has 1 saturated heterocycles. The zero-order valence-corrected chi connectivity index (χ0v) is 24.7. The zero-order chi connectivity index (χ0) is 31.6. The zero-order valence-electron chi connectivity index (χ0n) is 23.8. The van der Waals surface area contributed by atoms with Crippen molar-refractivity contribution in [2.24, 2.45) is 0 Å².